The van der Waals surface area contributed by atoms with Crippen molar-refractivity contribution in [2.24, 2.45) is 0 Å². The number of rotatable bonds is 2. The standard InChI is InChI=1S/C13H15BrClNO3S/c1-8-4-3-5-16(8)13(17)11-6-10(20(15,18)19)7-12(14)9(11)2/h6-8H,3-5H2,1-2H3. The van der Waals surface area contributed by atoms with E-state index < -0.39 is 9.05 Å². The molecule has 1 amide bonds. The van der Waals surface area contributed by atoms with E-state index in [4.69, 9.17) is 10.7 Å². The first-order valence-corrected chi connectivity index (χ1v) is 9.38. The van der Waals surface area contributed by atoms with Crippen LogP contribution >= 0.6 is 26.6 Å². The Labute approximate surface area is 131 Å². The number of likely N-dealkylation sites (tertiary alicyclic amines) is 1. The predicted octanol–water partition coefficient (Wildman–Crippen LogP) is 3.31. The highest BCUT2D eigenvalue weighted by molar-refractivity contribution is 9.10. The third-order valence-electron chi connectivity index (χ3n) is 3.64. The Morgan fingerprint density at radius 1 is 1.45 bits per heavy atom. The first kappa shape index (κ1) is 15.8. The third-order valence-corrected chi connectivity index (χ3v) is 5.80. The number of carbonyl (C=O) groups excluding carboxylic acids is 1. The van der Waals surface area contributed by atoms with Crippen molar-refractivity contribution in [2.75, 3.05) is 6.54 Å². The Hall–Kier alpha value is -0.590. The molecule has 0 bridgehead atoms. The van der Waals surface area contributed by atoms with E-state index in [0.29, 0.717) is 16.6 Å². The molecular formula is C13H15BrClNO3S. The van der Waals surface area contributed by atoms with Gasteiger partial charge in [-0.1, -0.05) is 15.9 Å². The summed E-state index contributed by atoms with van der Waals surface area (Å²) >= 11 is 3.29. The average Bonchev–Trinajstić information content (AvgIpc) is 2.76. The second kappa shape index (κ2) is 5.66. The summed E-state index contributed by atoms with van der Waals surface area (Å²) in [6, 6.07) is 2.95. The van der Waals surface area contributed by atoms with Crippen molar-refractivity contribution < 1.29 is 13.2 Å². The van der Waals surface area contributed by atoms with Crippen LogP contribution in [0.2, 0.25) is 0 Å². The molecule has 0 saturated carbocycles. The molecule has 1 fully saturated rings. The van der Waals surface area contributed by atoms with Crippen LogP contribution in [-0.4, -0.2) is 31.8 Å². The highest BCUT2D eigenvalue weighted by Gasteiger charge is 2.28. The summed E-state index contributed by atoms with van der Waals surface area (Å²) < 4.78 is 23.5. The monoisotopic (exact) mass is 379 g/mol. The quantitative estimate of drug-likeness (QED) is 0.740. The van der Waals surface area contributed by atoms with Gasteiger partial charge in [0.05, 0.1) is 4.90 Å². The van der Waals surface area contributed by atoms with Crippen molar-refractivity contribution in [3.8, 4) is 0 Å². The zero-order chi connectivity index (χ0) is 15.1. The molecule has 1 saturated heterocycles. The van der Waals surface area contributed by atoms with E-state index in [-0.39, 0.29) is 16.8 Å². The van der Waals surface area contributed by atoms with Crippen LogP contribution in [0, 0.1) is 6.92 Å². The van der Waals surface area contributed by atoms with Crippen LogP contribution in [0.5, 0.6) is 0 Å². The Morgan fingerprint density at radius 2 is 2.10 bits per heavy atom. The summed E-state index contributed by atoms with van der Waals surface area (Å²) in [5.41, 5.74) is 1.10. The minimum Gasteiger partial charge on any atom is -0.336 e. The minimum atomic E-state index is -3.86. The number of amides is 1. The zero-order valence-electron chi connectivity index (χ0n) is 11.2. The largest absolute Gasteiger partial charge is 0.336 e. The van der Waals surface area contributed by atoms with Gasteiger partial charge in [0, 0.05) is 33.3 Å². The number of benzene rings is 1. The van der Waals surface area contributed by atoms with E-state index in [2.05, 4.69) is 15.9 Å². The third kappa shape index (κ3) is 3.02. The van der Waals surface area contributed by atoms with Crippen molar-refractivity contribution in [1.29, 1.82) is 0 Å². The summed E-state index contributed by atoms with van der Waals surface area (Å²) in [7, 11) is 1.51. The van der Waals surface area contributed by atoms with Crippen molar-refractivity contribution in [3.05, 3.63) is 27.7 Å². The molecule has 1 aromatic carbocycles. The predicted molar refractivity (Wildman–Crippen MR) is 81.7 cm³/mol. The summed E-state index contributed by atoms with van der Waals surface area (Å²) in [5, 5.41) is 0. The molecular weight excluding hydrogens is 366 g/mol. The van der Waals surface area contributed by atoms with Gasteiger partial charge in [0.15, 0.2) is 0 Å². The van der Waals surface area contributed by atoms with Gasteiger partial charge >= 0.3 is 0 Å². The van der Waals surface area contributed by atoms with Crippen LogP contribution in [0.4, 0.5) is 0 Å². The molecule has 7 heteroatoms. The molecule has 1 heterocycles. The van der Waals surface area contributed by atoms with Crippen LogP contribution in [0.3, 0.4) is 0 Å². The molecule has 1 atom stereocenters. The topological polar surface area (TPSA) is 54.5 Å². The maximum atomic E-state index is 12.6. The van der Waals surface area contributed by atoms with Gasteiger partial charge in [0.2, 0.25) is 0 Å². The van der Waals surface area contributed by atoms with Crippen LogP contribution in [-0.2, 0) is 9.05 Å². The minimum absolute atomic E-state index is 0.0631. The summed E-state index contributed by atoms with van der Waals surface area (Å²) in [5.74, 6) is -0.143. The summed E-state index contributed by atoms with van der Waals surface area (Å²) in [6.07, 6.45) is 1.94. The molecule has 20 heavy (non-hydrogen) atoms. The van der Waals surface area contributed by atoms with Gasteiger partial charge in [0.1, 0.15) is 0 Å². The van der Waals surface area contributed by atoms with Crippen LogP contribution in [0.25, 0.3) is 0 Å². The number of hydrogen-bond acceptors (Lipinski definition) is 3. The molecule has 0 spiro atoms. The lowest BCUT2D eigenvalue weighted by Crippen LogP contribution is -2.34. The smallest absolute Gasteiger partial charge is 0.261 e. The van der Waals surface area contributed by atoms with Crippen molar-refractivity contribution in [2.45, 2.75) is 37.6 Å². The number of nitrogens with zero attached hydrogens (tertiary/aromatic N) is 1. The second-order valence-corrected chi connectivity index (χ2v) is 8.43. The van der Waals surface area contributed by atoms with Crippen LogP contribution in [0.15, 0.2) is 21.5 Å². The van der Waals surface area contributed by atoms with E-state index in [0.717, 1.165) is 18.4 Å². The van der Waals surface area contributed by atoms with E-state index in [1.165, 1.54) is 12.1 Å². The lowest BCUT2D eigenvalue weighted by molar-refractivity contribution is 0.0746. The Morgan fingerprint density at radius 3 is 2.60 bits per heavy atom. The molecule has 1 aliphatic rings. The molecule has 2 rings (SSSR count). The number of halogens is 2. The maximum absolute atomic E-state index is 12.6. The lowest BCUT2D eigenvalue weighted by Gasteiger charge is -2.23. The van der Waals surface area contributed by atoms with Gasteiger partial charge in [-0.05, 0) is 44.4 Å². The SMILES string of the molecule is Cc1c(Br)cc(S(=O)(=O)Cl)cc1C(=O)N1CCCC1C. The molecule has 0 radical (unpaired) electrons. The second-order valence-electron chi connectivity index (χ2n) is 5.01. The average molecular weight is 381 g/mol. The Kier molecular flexibility index (Phi) is 4.47. The zero-order valence-corrected chi connectivity index (χ0v) is 14.3. The molecule has 0 aliphatic carbocycles. The lowest BCUT2D eigenvalue weighted by atomic mass is 10.1. The first-order valence-electron chi connectivity index (χ1n) is 6.27. The van der Waals surface area contributed by atoms with Gasteiger partial charge in [-0.2, -0.15) is 0 Å². The Bertz CT molecular complexity index is 660. The molecule has 1 unspecified atom stereocenters. The number of hydrogen-bond donors (Lipinski definition) is 0. The molecule has 1 aliphatic heterocycles. The first-order chi connectivity index (χ1) is 9.21. The van der Waals surface area contributed by atoms with Gasteiger partial charge in [-0.25, -0.2) is 8.42 Å². The summed E-state index contributed by atoms with van der Waals surface area (Å²) in [4.78, 5) is 14.3. The summed E-state index contributed by atoms with van der Waals surface area (Å²) in [6.45, 7) is 4.48. The molecule has 110 valence electrons. The van der Waals surface area contributed by atoms with E-state index in [9.17, 15) is 13.2 Å². The van der Waals surface area contributed by atoms with E-state index in [1.807, 2.05) is 6.92 Å². The molecule has 1 aromatic rings. The fraction of sp³-hybridized carbons (Fsp3) is 0.462. The van der Waals surface area contributed by atoms with Gasteiger partial charge in [-0.3, -0.25) is 4.79 Å². The fourth-order valence-corrected chi connectivity index (χ4v) is 3.80. The van der Waals surface area contributed by atoms with Gasteiger partial charge < -0.3 is 4.90 Å². The Balaban J connectivity index is 2.50. The van der Waals surface area contributed by atoms with Crippen molar-refractivity contribution in [1.82, 2.24) is 4.90 Å². The van der Waals surface area contributed by atoms with E-state index in [1.54, 1.807) is 11.8 Å². The van der Waals surface area contributed by atoms with Gasteiger partial charge in [0.25, 0.3) is 15.0 Å². The molecule has 0 N–H and O–H groups in total. The highest BCUT2D eigenvalue weighted by atomic mass is 79.9. The van der Waals surface area contributed by atoms with E-state index >= 15 is 0 Å². The van der Waals surface area contributed by atoms with Crippen LogP contribution in [0.1, 0.15) is 35.7 Å². The fourth-order valence-electron chi connectivity index (χ4n) is 2.41. The normalized spacial score (nSPS) is 19.4. The molecule has 4 nitrogen and oxygen atoms in total. The maximum Gasteiger partial charge on any atom is 0.261 e. The molecule has 0 aromatic heterocycles. The highest BCUT2D eigenvalue weighted by Crippen LogP contribution is 2.29. The van der Waals surface area contributed by atoms with Crippen LogP contribution < -0.4 is 0 Å². The van der Waals surface area contributed by atoms with Gasteiger partial charge in [-0.15, -0.1) is 0 Å². The van der Waals surface area contributed by atoms with Crippen molar-refractivity contribution in [3.63, 3.8) is 0 Å². The van der Waals surface area contributed by atoms with Crippen molar-refractivity contribution >= 4 is 41.6 Å². The number of carbonyl (C=O) groups is 1.